The molecular weight excluding hydrogens is 272 g/mol. The molecule has 0 aliphatic rings. The van der Waals surface area contributed by atoms with Gasteiger partial charge in [-0.15, -0.1) is 0 Å². The van der Waals surface area contributed by atoms with Crippen molar-refractivity contribution in [1.29, 1.82) is 0 Å². The van der Waals surface area contributed by atoms with Gasteiger partial charge >= 0.3 is 0 Å². The molecule has 16 heavy (non-hydrogen) atoms. The Morgan fingerprint density at radius 3 is 2.69 bits per heavy atom. The predicted molar refractivity (Wildman–Crippen MR) is 66.6 cm³/mol. The van der Waals surface area contributed by atoms with Crippen molar-refractivity contribution in [1.82, 2.24) is 0 Å². The zero-order valence-corrected chi connectivity index (χ0v) is 11.1. The zero-order valence-electron chi connectivity index (χ0n) is 9.53. The van der Waals surface area contributed by atoms with E-state index in [-0.39, 0.29) is 6.61 Å². The minimum Gasteiger partial charge on any atom is -0.496 e. The monoisotopic (exact) mass is 288 g/mol. The second-order valence-corrected chi connectivity index (χ2v) is 4.86. The van der Waals surface area contributed by atoms with Crippen LogP contribution < -0.4 is 4.74 Å². The van der Waals surface area contributed by atoms with Gasteiger partial charge in [-0.1, -0.05) is 15.9 Å². The second kappa shape index (κ2) is 5.66. The van der Waals surface area contributed by atoms with Gasteiger partial charge in [-0.05, 0) is 38.0 Å². The average molecular weight is 289 g/mol. The first-order chi connectivity index (χ1) is 7.51. The van der Waals surface area contributed by atoms with E-state index in [4.69, 9.17) is 9.84 Å². The summed E-state index contributed by atoms with van der Waals surface area (Å²) in [5.74, 6) is 0.658. The van der Waals surface area contributed by atoms with Crippen LogP contribution in [-0.4, -0.2) is 23.9 Å². The van der Waals surface area contributed by atoms with Crippen LogP contribution in [-0.2, 0) is 5.60 Å². The minimum absolute atomic E-state index is 0.0759. The summed E-state index contributed by atoms with van der Waals surface area (Å²) in [6.07, 6.45) is 1.05. The Labute approximate surface area is 104 Å². The van der Waals surface area contributed by atoms with E-state index in [1.165, 1.54) is 0 Å². The third kappa shape index (κ3) is 3.20. The summed E-state index contributed by atoms with van der Waals surface area (Å²) >= 11 is 3.37. The first-order valence-corrected chi connectivity index (χ1v) is 5.98. The number of hydrogen-bond acceptors (Lipinski definition) is 3. The van der Waals surface area contributed by atoms with Crippen molar-refractivity contribution in [2.24, 2.45) is 0 Å². The van der Waals surface area contributed by atoms with E-state index in [2.05, 4.69) is 15.9 Å². The van der Waals surface area contributed by atoms with Crippen LogP contribution in [0.2, 0.25) is 0 Å². The maximum atomic E-state index is 10.3. The minimum atomic E-state index is -0.988. The van der Waals surface area contributed by atoms with Crippen LogP contribution in [0.4, 0.5) is 0 Å². The fraction of sp³-hybridized carbons (Fsp3) is 0.500. The Morgan fingerprint density at radius 1 is 1.44 bits per heavy atom. The number of aliphatic hydroxyl groups excluding tert-OH is 1. The van der Waals surface area contributed by atoms with Gasteiger partial charge in [0.2, 0.25) is 0 Å². The molecular formula is C12H17BrO3. The Bertz CT molecular complexity index is 350. The smallest absolute Gasteiger partial charge is 0.125 e. The van der Waals surface area contributed by atoms with Gasteiger partial charge in [0, 0.05) is 16.6 Å². The van der Waals surface area contributed by atoms with Crippen molar-refractivity contribution in [2.75, 3.05) is 13.7 Å². The van der Waals surface area contributed by atoms with Gasteiger partial charge in [0.05, 0.1) is 12.7 Å². The van der Waals surface area contributed by atoms with E-state index >= 15 is 0 Å². The molecule has 1 atom stereocenters. The number of halogens is 1. The van der Waals surface area contributed by atoms with Crippen molar-refractivity contribution in [2.45, 2.75) is 25.4 Å². The summed E-state index contributed by atoms with van der Waals surface area (Å²) < 4.78 is 6.12. The fourth-order valence-corrected chi connectivity index (χ4v) is 2.02. The summed E-state index contributed by atoms with van der Waals surface area (Å²) in [6, 6.07) is 5.52. The number of benzene rings is 1. The molecule has 1 rings (SSSR count). The molecule has 0 aliphatic heterocycles. The molecule has 0 aliphatic carbocycles. The molecule has 0 amide bonds. The molecule has 0 spiro atoms. The Balaban J connectivity index is 3.04. The highest BCUT2D eigenvalue weighted by molar-refractivity contribution is 9.10. The first-order valence-electron chi connectivity index (χ1n) is 5.18. The van der Waals surface area contributed by atoms with Crippen LogP contribution in [0.5, 0.6) is 5.75 Å². The topological polar surface area (TPSA) is 49.7 Å². The third-order valence-corrected chi connectivity index (χ3v) is 3.06. The maximum absolute atomic E-state index is 10.3. The van der Waals surface area contributed by atoms with E-state index in [9.17, 15) is 5.11 Å². The molecule has 0 heterocycles. The van der Waals surface area contributed by atoms with E-state index in [0.717, 1.165) is 10.0 Å². The van der Waals surface area contributed by atoms with Crippen molar-refractivity contribution in [3.8, 4) is 5.75 Å². The van der Waals surface area contributed by atoms with Crippen molar-refractivity contribution in [3.63, 3.8) is 0 Å². The van der Waals surface area contributed by atoms with Crippen LogP contribution in [0.1, 0.15) is 25.3 Å². The number of hydrogen-bond donors (Lipinski definition) is 2. The standard InChI is InChI=1S/C12H17BrO3/c1-12(15,6-3-7-14)10-8-9(13)4-5-11(10)16-2/h4-5,8,14-15H,3,6-7H2,1-2H3. The maximum Gasteiger partial charge on any atom is 0.125 e. The number of methoxy groups -OCH3 is 1. The molecule has 1 unspecified atom stereocenters. The molecule has 2 N–H and O–H groups in total. The first kappa shape index (κ1) is 13.5. The van der Waals surface area contributed by atoms with Crippen LogP contribution in [0, 0.1) is 0 Å². The molecule has 0 saturated heterocycles. The lowest BCUT2D eigenvalue weighted by molar-refractivity contribution is 0.0379. The van der Waals surface area contributed by atoms with E-state index in [0.29, 0.717) is 18.6 Å². The molecule has 0 aromatic heterocycles. The van der Waals surface area contributed by atoms with Gasteiger partial charge < -0.3 is 14.9 Å². The highest BCUT2D eigenvalue weighted by Crippen LogP contribution is 2.35. The third-order valence-electron chi connectivity index (χ3n) is 2.56. The van der Waals surface area contributed by atoms with Crippen LogP contribution in [0.15, 0.2) is 22.7 Å². The lowest BCUT2D eigenvalue weighted by Crippen LogP contribution is -2.22. The molecule has 1 aromatic carbocycles. The molecule has 0 bridgehead atoms. The van der Waals surface area contributed by atoms with Crippen molar-refractivity contribution in [3.05, 3.63) is 28.2 Å². The molecule has 4 heteroatoms. The van der Waals surface area contributed by atoms with E-state index in [1.54, 1.807) is 14.0 Å². The molecule has 0 fully saturated rings. The van der Waals surface area contributed by atoms with E-state index in [1.807, 2.05) is 18.2 Å². The lowest BCUT2D eigenvalue weighted by Gasteiger charge is -2.25. The predicted octanol–water partition coefficient (Wildman–Crippen LogP) is 2.44. The highest BCUT2D eigenvalue weighted by Gasteiger charge is 2.26. The van der Waals surface area contributed by atoms with Gasteiger partial charge in [0.25, 0.3) is 0 Å². The quantitative estimate of drug-likeness (QED) is 0.875. The molecule has 0 saturated carbocycles. The van der Waals surface area contributed by atoms with Crippen LogP contribution in [0.25, 0.3) is 0 Å². The van der Waals surface area contributed by atoms with Gasteiger partial charge in [0.15, 0.2) is 0 Å². The van der Waals surface area contributed by atoms with Crippen molar-refractivity contribution < 1.29 is 14.9 Å². The normalized spacial score (nSPS) is 14.6. The molecule has 0 radical (unpaired) electrons. The summed E-state index contributed by atoms with van der Waals surface area (Å²) in [5, 5.41) is 19.1. The summed E-state index contributed by atoms with van der Waals surface area (Å²) in [6.45, 7) is 1.80. The highest BCUT2D eigenvalue weighted by atomic mass is 79.9. The van der Waals surface area contributed by atoms with E-state index < -0.39 is 5.60 Å². The van der Waals surface area contributed by atoms with Crippen molar-refractivity contribution >= 4 is 15.9 Å². The summed E-state index contributed by atoms with van der Waals surface area (Å²) in [5.41, 5.74) is -0.254. The zero-order chi connectivity index (χ0) is 12.2. The fourth-order valence-electron chi connectivity index (χ4n) is 1.66. The Hall–Kier alpha value is -0.580. The largest absolute Gasteiger partial charge is 0.496 e. The molecule has 90 valence electrons. The SMILES string of the molecule is COc1ccc(Br)cc1C(C)(O)CCCO. The number of rotatable bonds is 5. The average Bonchev–Trinajstić information content (AvgIpc) is 2.26. The summed E-state index contributed by atoms with van der Waals surface area (Å²) in [4.78, 5) is 0. The van der Waals surface area contributed by atoms with Gasteiger partial charge in [-0.2, -0.15) is 0 Å². The lowest BCUT2D eigenvalue weighted by atomic mass is 9.90. The van der Waals surface area contributed by atoms with Gasteiger partial charge in [-0.3, -0.25) is 0 Å². The Morgan fingerprint density at radius 2 is 2.12 bits per heavy atom. The summed E-state index contributed by atoms with van der Waals surface area (Å²) in [7, 11) is 1.58. The number of aliphatic hydroxyl groups is 2. The van der Waals surface area contributed by atoms with Gasteiger partial charge in [-0.25, -0.2) is 0 Å². The van der Waals surface area contributed by atoms with Crippen LogP contribution >= 0.6 is 15.9 Å². The Kier molecular flexibility index (Phi) is 4.77. The molecule has 1 aromatic rings. The second-order valence-electron chi connectivity index (χ2n) is 3.95. The number of ether oxygens (including phenoxy) is 1. The van der Waals surface area contributed by atoms with Gasteiger partial charge in [0.1, 0.15) is 5.75 Å². The molecule has 3 nitrogen and oxygen atoms in total. The van der Waals surface area contributed by atoms with Crippen LogP contribution in [0.3, 0.4) is 0 Å².